The molecule has 102 valence electrons. The minimum atomic E-state index is -0.360. The molecule has 0 saturated carbocycles. The molecule has 0 fully saturated rings. The second-order valence-electron chi connectivity index (χ2n) is 4.54. The number of aryl methyl sites for hydroxylation is 1. The first-order valence-corrected chi connectivity index (χ1v) is 6.25. The van der Waals surface area contributed by atoms with E-state index < -0.39 is 0 Å². The maximum atomic E-state index is 12.1. The maximum Gasteiger partial charge on any atom is 0.340 e. The lowest BCUT2D eigenvalue weighted by molar-refractivity contribution is 0.0652. The monoisotopic (exact) mass is 272 g/mol. The Morgan fingerprint density at radius 3 is 2.25 bits per heavy atom. The molecule has 0 aliphatic carbocycles. The summed E-state index contributed by atoms with van der Waals surface area (Å²) in [6, 6.07) is 6.78. The number of carbonyl (C=O) groups excluding carboxylic acids is 2. The zero-order valence-electron chi connectivity index (χ0n) is 10.5. The lowest BCUT2D eigenvalue weighted by atomic mass is 10.1. The number of nitrogens with zero attached hydrogens (tertiary/aromatic N) is 2. The molecule has 1 aromatic heterocycles. The second-order valence-corrected chi connectivity index (χ2v) is 4.54. The second kappa shape index (κ2) is 4.76. The number of benzene rings is 1. The van der Waals surface area contributed by atoms with E-state index in [-0.39, 0.29) is 17.5 Å². The molecule has 0 unspecified atom stereocenters. The van der Waals surface area contributed by atoms with Gasteiger partial charge in [0, 0.05) is 13.0 Å². The van der Waals surface area contributed by atoms with Crippen LogP contribution >= 0.6 is 0 Å². The molecule has 0 bridgehead atoms. The van der Waals surface area contributed by atoms with E-state index in [1.54, 1.807) is 24.3 Å². The minimum Gasteiger partial charge on any atom is -0.293 e. The predicted octanol–water partition coefficient (Wildman–Crippen LogP) is 0.327. The summed E-state index contributed by atoms with van der Waals surface area (Å²) in [7, 11) is 0. The zero-order valence-corrected chi connectivity index (χ0v) is 10.5. The Morgan fingerprint density at radius 2 is 1.70 bits per heavy atom. The molecule has 2 N–H and O–H groups in total. The molecule has 7 heteroatoms. The van der Waals surface area contributed by atoms with E-state index in [0.29, 0.717) is 36.3 Å². The molecule has 3 rings (SSSR count). The number of rotatable bonds is 4. The van der Waals surface area contributed by atoms with E-state index in [1.165, 1.54) is 4.90 Å². The van der Waals surface area contributed by atoms with Crippen molar-refractivity contribution in [2.45, 2.75) is 12.8 Å². The van der Waals surface area contributed by atoms with Gasteiger partial charge in [0.05, 0.1) is 11.1 Å². The van der Waals surface area contributed by atoms with Gasteiger partial charge in [-0.25, -0.2) is 9.89 Å². The lowest BCUT2D eigenvalue weighted by Crippen LogP contribution is -2.31. The number of aromatic nitrogens is 3. The molecule has 0 radical (unpaired) electrons. The third kappa shape index (κ3) is 2.03. The Labute approximate surface area is 113 Å². The van der Waals surface area contributed by atoms with E-state index in [2.05, 4.69) is 15.2 Å². The van der Waals surface area contributed by atoms with Crippen molar-refractivity contribution >= 4 is 11.8 Å². The van der Waals surface area contributed by atoms with Crippen LogP contribution in [-0.4, -0.2) is 38.4 Å². The fourth-order valence-electron chi connectivity index (χ4n) is 2.27. The topological polar surface area (TPSA) is 98.9 Å². The molecule has 2 aromatic rings. The van der Waals surface area contributed by atoms with Gasteiger partial charge in [0.25, 0.3) is 11.8 Å². The summed E-state index contributed by atoms with van der Waals surface area (Å²) in [5.74, 6) is -0.00569. The van der Waals surface area contributed by atoms with Crippen LogP contribution in [0, 0.1) is 0 Å². The number of carbonyl (C=O) groups is 2. The molecular weight excluding hydrogens is 260 g/mol. The van der Waals surface area contributed by atoms with Crippen molar-refractivity contribution in [2.24, 2.45) is 0 Å². The van der Waals surface area contributed by atoms with Gasteiger partial charge in [0.2, 0.25) is 0 Å². The Morgan fingerprint density at radius 1 is 1.05 bits per heavy atom. The van der Waals surface area contributed by atoms with Crippen LogP contribution in [0.5, 0.6) is 0 Å². The van der Waals surface area contributed by atoms with Crippen molar-refractivity contribution in [3.63, 3.8) is 0 Å². The van der Waals surface area contributed by atoms with Crippen LogP contribution in [0.15, 0.2) is 29.1 Å². The van der Waals surface area contributed by atoms with Crippen LogP contribution in [0.25, 0.3) is 0 Å². The van der Waals surface area contributed by atoms with Crippen LogP contribution in [0.4, 0.5) is 0 Å². The van der Waals surface area contributed by atoms with E-state index in [1.807, 2.05) is 0 Å². The molecule has 0 saturated heterocycles. The number of fused-ring (bicyclic) bond motifs is 1. The number of nitrogens with one attached hydrogen (secondary N) is 2. The third-order valence-corrected chi connectivity index (χ3v) is 3.22. The maximum absolute atomic E-state index is 12.1. The van der Waals surface area contributed by atoms with Crippen molar-refractivity contribution < 1.29 is 9.59 Å². The van der Waals surface area contributed by atoms with Gasteiger partial charge in [-0.2, -0.15) is 5.10 Å². The van der Waals surface area contributed by atoms with Gasteiger partial charge in [0.1, 0.15) is 5.82 Å². The van der Waals surface area contributed by atoms with Crippen LogP contribution in [0.2, 0.25) is 0 Å². The van der Waals surface area contributed by atoms with Gasteiger partial charge in [-0.15, -0.1) is 0 Å². The zero-order chi connectivity index (χ0) is 14.1. The Balaban J connectivity index is 1.66. The molecule has 20 heavy (non-hydrogen) atoms. The first kappa shape index (κ1) is 12.3. The Hall–Kier alpha value is -2.70. The molecule has 0 atom stereocenters. The summed E-state index contributed by atoms with van der Waals surface area (Å²) < 4.78 is 0. The molecule has 7 nitrogen and oxygen atoms in total. The first-order valence-electron chi connectivity index (χ1n) is 6.25. The van der Waals surface area contributed by atoms with Gasteiger partial charge < -0.3 is 0 Å². The number of H-pyrrole nitrogens is 2. The number of hydrogen-bond donors (Lipinski definition) is 2. The molecule has 1 aromatic carbocycles. The van der Waals surface area contributed by atoms with Crippen LogP contribution in [-0.2, 0) is 6.42 Å². The predicted molar refractivity (Wildman–Crippen MR) is 69.3 cm³/mol. The van der Waals surface area contributed by atoms with Gasteiger partial charge in [-0.1, -0.05) is 12.1 Å². The van der Waals surface area contributed by atoms with Crippen LogP contribution in [0.3, 0.4) is 0 Å². The van der Waals surface area contributed by atoms with Gasteiger partial charge >= 0.3 is 5.69 Å². The first-order chi connectivity index (χ1) is 9.66. The number of amides is 2. The summed E-state index contributed by atoms with van der Waals surface area (Å²) in [6.07, 6.45) is 1.04. The van der Waals surface area contributed by atoms with E-state index in [9.17, 15) is 14.4 Å². The summed E-state index contributed by atoms with van der Waals surface area (Å²) >= 11 is 0. The summed E-state index contributed by atoms with van der Waals surface area (Å²) in [6.45, 7) is 0.307. The van der Waals surface area contributed by atoms with E-state index in [4.69, 9.17) is 0 Å². The Bertz CT molecular complexity index is 696. The average Bonchev–Trinajstić information content (AvgIpc) is 2.97. The van der Waals surface area contributed by atoms with Crippen LogP contribution < -0.4 is 5.69 Å². The standard InChI is InChI=1S/C13H12N4O3/c18-11-8-4-1-2-5-9(8)12(19)17(11)7-3-6-10-14-13(20)16-15-10/h1-2,4-5H,3,6-7H2,(H2,14,15,16,20). The SMILES string of the molecule is O=C1c2ccccc2C(=O)N1CCCc1n[nH]c(=O)[nH]1. The van der Waals surface area contributed by atoms with Gasteiger partial charge in [-0.05, 0) is 18.6 Å². The van der Waals surface area contributed by atoms with Crippen molar-refractivity contribution in [3.8, 4) is 0 Å². The summed E-state index contributed by atoms with van der Waals surface area (Å²) in [4.78, 5) is 38.8. The highest BCUT2D eigenvalue weighted by Crippen LogP contribution is 2.22. The smallest absolute Gasteiger partial charge is 0.293 e. The van der Waals surface area contributed by atoms with Gasteiger partial charge in [0.15, 0.2) is 0 Å². The molecular formula is C13H12N4O3. The number of hydrogen-bond acceptors (Lipinski definition) is 4. The largest absolute Gasteiger partial charge is 0.340 e. The fraction of sp³-hybridized carbons (Fsp3) is 0.231. The molecule has 1 aliphatic heterocycles. The van der Waals surface area contributed by atoms with Crippen molar-refractivity contribution in [1.82, 2.24) is 20.1 Å². The molecule has 0 spiro atoms. The van der Waals surface area contributed by atoms with Crippen molar-refractivity contribution in [3.05, 3.63) is 51.7 Å². The lowest BCUT2D eigenvalue weighted by Gasteiger charge is -2.12. The van der Waals surface area contributed by atoms with Crippen molar-refractivity contribution in [1.29, 1.82) is 0 Å². The highest BCUT2D eigenvalue weighted by atomic mass is 16.2. The number of imide groups is 1. The fourth-order valence-corrected chi connectivity index (χ4v) is 2.27. The minimum absolute atomic E-state index is 0.263. The summed E-state index contributed by atoms with van der Waals surface area (Å²) in [5, 5.41) is 6.05. The normalized spacial score (nSPS) is 13.9. The molecule has 2 amide bonds. The molecule has 2 heterocycles. The molecule has 1 aliphatic rings. The van der Waals surface area contributed by atoms with E-state index >= 15 is 0 Å². The van der Waals surface area contributed by atoms with Crippen molar-refractivity contribution in [2.75, 3.05) is 6.54 Å². The highest BCUT2D eigenvalue weighted by molar-refractivity contribution is 6.21. The quantitative estimate of drug-likeness (QED) is 0.783. The van der Waals surface area contributed by atoms with E-state index in [0.717, 1.165) is 0 Å². The number of aromatic amines is 2. The Kier molecular flexibility index (Phi) is 2.94. The third-order valence-electron chi connectivity index (χ3n) is 3.22. The summed E-state index contributed by atoms with van der Waals surface area (Å²) in [5.41, 5.74) is 0.539. The highest BCUT2D eigenvalue weighted by Gasteiger charge is 2.34. The van der Waals surface area contributed by atoms with Gasteiger partial charge in [-0.3, -0.25) is 19.5 Å². The average molecular weight is 272 g/mol. The van der Waals surface area contributed by atoms with Crippen LogP contribution in [0.1, 0.15) is 33.0 Å².